The summed E-state index contributed by atoms with van der Waals surface area (Å²) in [5.74, 6) is -0.450. The Labute approximate surface area is 76.0 Å². The number of rotatable bonds is 3. The summed E-state index contributed by atoms with van der Waals surface area (Å²) < 4.78 is 5.44. The van der Waals surface area contributed by atoms with Gasteiger partial charge in [-0.2, -0.15) is 0 Å². The van der Waals surface area contributed by atoms with Crippen molar-refractivity contribution in [2.75, 3.05) is 0 Å². The first-order chi connectivity index (χ1) is 6.27. The second-order valence-corrected chi connectivity index (χ2v) is 3.12. The maximum Gasteiger partial charge on any atom is 0.339 e. The fourth-order valence-corrected chi connectivity index (χ4v) is 1.11. The molecule has 68 valence electrons. The van der Waals surface area contributed by atoms with Crippen LogP contribution in [0.1, 0.15) is 23.2 Å². The largest absolute Gasteiger partial charge is 0.490 e. The third-order valence-corrected chi connectivity index (χ3v) is 1.94. The maximum absolute atomic E-state index is 10.7. The van der Waals surface area contributed by atoms with Crippen LogP contribution in [0.3, 0.4) is 0 Å². The zero-order valence-electron chi connectivity index (χ0n) is 7.06. The monoisotopic (exact) mass is 178 g/mol. The second-order valence-electron chi connectivity index (χ2n) is 3.12. The first-order valence-corrected chi connectivity index (χ1v) is 4.26. The van der Waals surface area contributed by atoms with E-state index in [4.69, 9.17) is 9.84 Å². The first-order valence-electron chi connectivity index (χ1n) is 4.26. The van der Waals surface area contributed by atoms with E-state index < -0.39 is 5.97 Å². The molecule has 0 spiro atoms. The molecule has 1 aromatic carbocycles. The number of hydrogen-bond acceptors (Lipinski definition) is 2. The van der Waals surface area contributed by atoms with Crippen LogP contribution in [0.5, 0.6) is 5.75 Å². The number of aromatic carboxylic acids is 1. The van der Waals surface area contributed by atoms with Crippen LogP contribution in [-0.2, 0) is 0 Å². The Kier molecular flexibility index (Phi) is 1.93. The summed E-state index contributed by atoms with van der Waals surface area (Å²) in [6.07, 6.45) is 2.31. The Hall–Kier alpha value is -1.51. The number of carboxylic acid groups (broad SMARTS) is 1. The summed E-state index contributed by atoms with van der Waals surface area (Å²) in [5.41, 5.74) is 0.245. The molecule has 1 N–H and O–H groups in total. The molecule has 0 unspecified atom stereocenters. The fourth-order valence-electron chi connectivity index (χ4n) is 1.11. The van der Waals surface area contributed by atoms with Gasteiger partial charge in [-0.25, -0.2) is 4.79 Å². The zero-order valence-corrected chi connectivity index (χ0v) is 7.06. The molecule has 0 atom stereocenters. The molecule has 3 heteroatoms. The smallest absolute Gasteiger partial charge is 0.339 e. The van der Waals surface area contributed by atoms with Crippen molar-refractivity contribution in [3.05, 3.63) is 29.8 Å². The Morgan fingerprint density at radius 1 is 1.38 bits per heavy atom. The highest BCUT2D eigenvalue weighted by molar-refractivity contribution is 5.90. The molecule has 0 amide bonds. The van der Waals surface area contributed by atoms with Gasteiger partial charge in [0.2, 0.25) is 0 Å². The lowest BCUT2D eigenvalue weighted by molar-refractivity contribution is 0.0692. The van der Waals surface area contributed by atoms with E-state index in [0.717, 1.165) is 12.8 Å². The van der Waals surface area contributed by atoms with Gasteiger partial charge in [-0.05, 0) is 25.0 Å². The van der Waals surface area contributed by atoms with E-state index in [9.17, 15) is 4.79 Å². The van der Waals surface area contributed by atoms with Crippen molar-refractivity contribution in [2.24, 2.45) is 0 Å². The number of carboxylic acids is 1. The second kappa shape index (κ2) is 3.09. The summed E-state index contributed by atoms with van der Waals surface area (Å²) in [6.45, 7) is 0. The number of ether oxygens (including phenoxy) is 1. The Morgan fingerprint density at radius 2 is 2.08 bits per heavy atom. The third-order valence-electron chi connectivity index (χ3n) is 1.94. The van der Waals surface area contributed by atoms with Crippen LogP contribution in [0, 0.1) is 0 Å². The number of para-hydroxylation sites is 1. The van der Waals surface area contributed by atoms with Crippen molar-refractivity contribution in [3.63, 3.8) is 0 Å². The number of carbonyl (C=O) groups is 1. The lowest BCUT2D eigenvalue weighted by atomic mass is 10.2. The molecule has 0 saturated heterocycles. The van der Waals surface area contributed by atoms with Crippen LogP contribution in [-0.4, -0.2) is 17.2 Å². The van der Waals surface area contributed by atoms with Crippen molar-refractivity contribution in [2.45, 2.75) is 18.9 Å². The van der Waals surface area contributed by atoms with E-state index in [1.54, 1.807) is 24.3 Å². The molecule has 0 heterocycles. The predicted octanol–water partition coefficient (Wildman–Crippen LogP) is 1.93. The maximum atomic E-state index is 10.7. The molecule has 1 aliphatic rings. The molecule has 1 saturated carbocycles. The molecule has 1 aromatic rings. The molecule has 0 bridgehead atoms. The normalized spacial score (nSPS) is 15.4. The lowest BCUT2D eigenvalue weighted by Crippen LogP contribution is -2.03. The van der Waals surface area contributed by atoms with Gasteiger partial charge in [0.25, 0.3) is 0 Å². The van der Waals surface area contributed by atoms with E-state index in [-0.39, 0.29) is 11.7 Å². The quantitative estimate of drug-likeness (QED) is 0.769. The molecule has 0 aliphatic heterocycles. The highest BCUT2D eigenvalue weighted by Gasteiger charge is 2.25. The van der Waals surface area contributed by atoms with Crippen LogP contribution >= 0.6 is 0 Å². The molecule has 3 nitrogen and oxygen atoms in total. The van der Waals surface area contributed by atoms with E-state index in [1.807, 2.05) is 0 Å². The molecular weight excluding hydrogens is 168 g/mol. The van der Waals surface area contributed by atoms with Crippen LogP contribution in [0.15, 0.2) is 24.3 Å². The van der Waals surface area contributed by atoms with Gasteiger partial charge < -0.3 is 9.84 Å². The van der Waals surface area contributed by atoms with Crippen LogP contribution in [0.2, 0.25) is 0 Å². The fraction of sp³-hybridized carbons (Fsp3) is 0.300. The number of hydrogen-bond donors (Lipinski definition) is 1. The minimum Gasteiger partial charge on any atom is -0.490 e. The summed E-state index contributed by atoms with van der Waals surface area (Å²) in [4.78, 5) is 10.7. The highest BCUT2D eigenvalue weighted by Crippen LogP contribution is 2.28. The molecule has 0 radical (unpaired) electrons. The Morgan fingerprint density at radius 3 is 2.69 bits per heavy atom. The standard InChI is InChI=1S/C10H10O3/c11-10(12)8-3-1-2-4-9(8)13-7-5-6-7/h1-4,7H,5-6H2,(H,11,12). The average molecular weight is 178 g/mol. The molecule has 2 rings (SSSR count). The van der Waals surface area contributed by atoms with Crippen LogP contribution in [0.4, 0.5) is 0 Å². The van der Waals surface area contributed by atoms with Crippen molar-refractivity contribution in [3.8, 4) is 5.75 Å². The number of benzene rings is 1. The average Bonchev–Trinajstić information content (AvgIpc) is 2.89. The van der Waals surface area contributed by atoms with Crippen molar-refractivity contribution in [1.82, 2.24) is 0 Å². The molecular formula is C10H10O3. The van der Waals surface area contributed by atoms with Gasteiger partial charge in [0, 0.05) is 0 Å². The summed E-state index contributed by atoms with van der Waals surface area (Å²) >= 11 is 0. The van der Waals surface area contributed by atoms with Crippen LogP contribution < -0.4 is 4.74 Å². The van der Waals surface area contributed by atoms with Crippen LogP contribution in [0.25, 0.3) is 0 Å². The summed E-state index contributed by atoms with van der Waals surface area (Å²) in [6, 6.07) is 6.73. The minimum absolute atomic E-state index is 0.237. The Balaban J connectivity index is 2.25. The molecule has 1 aliphatic carbocycles. The Bertz CT molecular complexity index is 329. The van der Waals surface area contributed by atoms with Gasteiger partial charge >= 0.3 is 5.97 Å². The summed E-state index contributed by atoms with van der Waals surface area (Å²) in [5, 5.41) is 8.82. The van der Waals surface area contributed by atoms with E-state index in [1.165, 1.54) is 0 Å². The van der Waals surface area contributed by atoms with E-state index in [2.05, 4.69) is 0 Å². The van der Waals surface area contributed by atoms with Crippen molar-refractivity contribution >= 4 is 5.97 Å². The summed E-state index contributed by atoms with van der Waals surface area (Å²) in [7, 11) is 0. The van der Waals surface area contributed by atoms with Gasteiger partial charge in [-0.3, -0.25) is 0 Å². The predicted molar refractivity (Wildman–Crippen MR) is 47.1 cm³/mol. The lowest BCUT2D eigenvalue weighted by Gasteiger charge is -2.06. The van der Waals surface area contributed by atoms with Gasteiger partial charge in [0.15, 0.2) is 0 Å². The van der Waals surface area contributed by atoms with Gasteiger partial charge in [-0.15, -0.1) is 0 Å². The van der Waals surface area contributed by atoms with Gasteiger partial charge in [0.1, 0.15) is 11.3 Å². The van der Waals surface area contributed by atoms with Crippen molar-refractivity contribution < 1.29 is 14.6 Å². The highest BCUT2D eigenvalue weighted by atomic mass is 16.5. The molecule has 13 heavy (non-hydrogen) atoms. The molecule has 0 aromatic heterocycles. The van der Waals surface area contributed by atoms with Crippen molar-refractivity contribution in [1.29, 1.82) is 0 Å². The molecule has 1 fully saturated rings. The van der Waals surface area contributed by atoms with Gasteiger partial charge in [0.05, 0.1) is 6.10 Å². The van der Waals surface area contributed by atoms with E-state index in [0.29, 0.717) is 5.75 Å². The SMILES string of the molecule is O=C(O)c1ccccc1OC1CC1. The van der Waals surface area contributed by atoms with Gasteiger partial charge in [-0.1, -0.05) is 12.1 Å². The first kappa shape index (κ1) is 8.10. The van der Waals surface area contributed by atoms with E-state index >= 15 is 0 Å². The zero-order chi connectivity index (χ0) is 9.26. The third kappa shape index (κ3) is 1.80. The minimum atomic E-state index is -0.934. The topological polar surface area (TPSA) is 46.5 Å².